The molecule has 2 aromatic heterocycles. The highest BCUT2D eigenvalue weighted by molar-refractivity contribution is 5.90. The molecule has 0 fully saturated rings. The van der Waals surface area contributed by atoms with Crippen molar-refractivity contribution in [2.75, 3.05) is 6.61 Å². The first-order chi connectivity index (χ1) is 19.6. The second kappa shape index (κ2) is 11.1. The van der Waals surface area contributed by atoms with Gasteiger partial charge in [-0.25, -0.2) is 4.79 Å². The first kappa shape index (κ1) is 27.9. The molecule has 0 saturated heterocycles. The van der Waals surface area contributed by atoms with Gasteiger partial charge in [0, 0.05) is 29.3 Å². The van der Waals surface area contributed by atoms with Crippen molar-refractivity contribution in [1.29, 1.82) is 0 Å². The highest BCUT2D eigenvalue weighted by Crippen LogP contribution is 2.37. The molecule has 0 spiro atoms. The van der Waals surface area contributed by atoms with Gasteiger partial charge >= 0.3 is 6.09 Å². The maximum Gasteiger partial charge on any atom is 0.405 e. The summed E-state index contributed by atoms with van der Waals surface area (Å²) in [7, 11) is 1.95. The molecule has 0 aliphatic rings. The van der Waals surface area contributed by atoms with Crippen molar-refractivity contribution in [2.45, 2.75) is 39.7 Å². The molecule has 5 rings (SSSR count). The Labute approximate surface area is 240 Å². The molecule has 41 heavy (non-hydrogen) atoms. The minimum Gasteiger partial charge on any atom is -0.489 e. The Balaban J connectivity index is 1.56. The predicted octanol–water partition coefficient (Wildman–Crippen LogP) is 7.28. The molecule has 0 saturated carbocycles. The molecule has 1 amide bonds. The third-order valence-corrected chi connectivity index (χ3v) is 7.97. The highest BCUT2D eigenvalue weighted by Gasteiger charge is 2.44. The van der Waals surface area contributed by atoms with Crippen LogP contribution in [0.5, 0.6) is 5.75 Å². The van der Waals surface area contributed by atoms with E-state index in [2.05, 4.69) is 29.5 Å². The molecule has 0 bridgehead atoms. The van der Waals surface area contributed by atoms with Gasteiger partial charge in [-0.2, -0.15) is 5.10 Å². The van der Waals surface area contributed by atoms with Crippen molar-refractivity contribution in [2.24, 2.45) is 12.5 Å². The monoisotopic (exact) mass is 548 g/mol. The van der Waals surface area contributed by atoms with E-state index >= 15 is 0 Å². The number of nitrogens with zero attached hydrogens (tertiary/aromatic N) is 3. The number of carboxylic acid groups (broad SMARTS) is 1. The number of pyridine rings is 1. The lowest BCUT2D eigenvalue weighted by molar-refractivity contribution is 0.0686. The van der Waals surface area contributed by atoms with E-state index in [4.69, 9.17) is 9.72 Å². The van der Waals surface area contributed by atoms with Gasteiger partial charge < -0.3 is 15.2 Å². The lowest BCUT2D eigenvalue weighted by atomic mass is 9.70. The molecule has 7 heteroatoms. The molecule has 210 valence electrons. The second-order valence-electron chi connectivity index (χ2n) is 11.6. The number of hydrogen-bond donors (Lipinski definition) is 2. The summed E-state index contributed by atoms with van der Waals surface area (Å²) in [5.74, 6) is 0.566. The zero-order valence-electron chi connectivity index (χ0n) is 24.2. The zero-order valence-corrected chi connectivity index (χ0v) is 24.2. The Bertz CT molecular complexity index is 1670. The quantitative estimate of drug-likeness (QED) is 0.213. The fourth-order valence-electron chi connectivity index (χ4n) is 5.22. The molecule has 0 unspecified atom stereocenters. The van der Waals surface area contributed by atoms with Gasteiger partial charge in [0.2, 0.25) is 0 Å². The second-order valence-corrected chi connectivity index (χ2v) is 11.6. The third-order valence-electron chi connectivity index (χ3n) is 7.97. The van der Waals surface area contributed by atoms with Crippen LogP contribution in [-0.2, 0) is 13.5 Å². The van der Waals surface area contributed by atoms with Gasteiger partial charge in [-0.3, -0.25) is 9.67 Å². The topological polar surface area (TPSA) is 89.3 Å². The fraction of sp³-hybridized carbons (Fsp3) is 0.265. The number of fused-ring (bicyclic) bond motifs is 1. The van der Waals surface area contributed by atoms with Crippen molar-refractivity contribution in [1.82, 2.24) is 20.1 Å². The fourth-order valence-corrected chi connectivity index (χ4v) is 5.22. The summed E-state index contributed by atoms with van der Waals surface area (Å²) in [4.78, 5) is 16.9. The van der Waals surface area contributed by atoms with Crippen LogP contribution >= 0.6 is 0 Å². The van der Waals surface area contributed by atoms with Crippen LogP contribution in [0.2, 0.25) is 0 Å². The maximum atomic E-state index is 12.1. The van der Waals surface area contributed by atoms with Crippen LogP contribution in [-0.4, -0.2) is 38.1 Å². The normalized spacial score (nSPS) is 13.1. The summed E-state index contributed by atoms with van der Waals surface area (Å²) in [5, 5.41) is 18.4. The van der Waals surface area contributed by atoms with Gasteiger partial charge in [0.15, 0.2) is 0 Å². The zero-order chi connectivity index (χ0) is 29.2. The van der Waals surface area contributed by atoms with Gasteiger partial charge in [-0.05, 0) is 48.1 Å². The number of amides is 1. The van der Waals surface area contributed by atoms with Crippen LogP contribution in [0, 0.1) is 12.3 Å². The molecule has 0 radical (unpaired) electrons. The summed E-state index contributed by atoms with van der Waals surface area (Å²) in [5.41, 5.74) is 5.46. The summed E-state index contributed by atoms with van der Waals surface area (Å²) < 4.78 is 8.32. The van der Waals surface area contributed by atoms with Crippen LogP contribution < -0.4 is 10.1 Å². The van der Waals surface area contributed by atoms with Crippen molar-refractivity contribution >= 4 is 17.0 Å². The molecule has 1 atom stereocenters. The maximum absolute atomic E-state index is 12.1. The van der Waals surface area contributed by atoms with Gasteiger partial charge in [0.25, 0.3) is 0 Å². The third kappa shape index (κ3) is 5.80. The van der Waals surface area contributed by atoms with E-state index in [0.29, 0.717) is 12.2 Å². The molecule has 0 aliphatic heterocycles. The number of carbonyl (C=O) groups is 1. The minimum absolute atomic E-state index is 0.129. The van der Waals surface area contributed by atoms with E-state index in [1.807, 2.05) is 105 Å². The van der Waals surface area contributed by atoms with Crippen LogP contribution in [0.15, 0.2) is 91.1 Å². The molecule has 0 aliphatic carbocycles. The van der Waals surface area contributed by atoms with Crippen LogP contribution in [0.1, 0.15) is 32.0 Å². The molecule has 2 heterocycles. The van der Waals surface area contributed by atoms with E-state index in [1.54, 1.807) is 6.20 Å². The van der Waals surface area contributed by atoms with Crippen molar-refractivity contribution in [3.8, 4) is 28.1 Å². The highest BCUT2D eigenvalue weighted by atomic mass is 16.5. The van der Waals surface area contributed by atoms with Crippen LogP contribution in [0.4, 0.5) is 4.79 Å². The number of rotatable bonds is 8. The van der Waals surface area contributed by atoms with E-state index in [-0.39, 0.29) is 6.61 Å². The van der Waals surface area contributed by atoms with E-state index < -0.39 is 17.0 Å². The van der Waals surface area contributed by atoms with Crippen molar-refractivity contribution in [3.63, 3.8) is 0 Å². The van der Waals surface area contributed by atoms with Gasteiger partial charge in [0.05, 0.1) is 22.9 Å². The Morgan fingerprint density at radius 3 is 2.29 bits per heavy atom. The average Bonchev–Trinajstić information content (AvgIpc) is 3.24. The van der Waals surface area contributed by atoms with Crippen LogP contribution in [0.25, 0.3) is 33.3 Å². The van der Waals surface area contributed by atoms with E-state index in [1.165, 1.54) is 0 Å². The predicted molar refractivity (Wildman–Crippen MR) is 163 cm³/mol. The van der Waals surface area contributed by atoms with E-state index in [0.717, 1.165) is 44.5 Å². The number of aryl methyl sites for hydroxylation is 2. The van der Waals surface area contributed by atoms with Gasteiger partial charge in [-0.15, -0.1) is 0 Å². The number of nitrogens with one attached hydrogen (secondary N) is 1. The lowest BCUT2D eigenvalue weighted by Gasteiger charge is -2.44. The summed E-state index contributed by atoms with van der Waals surface area (Å²) in [6, 6.07) is 28.2. The standard InChI is InChI=1S/C34H36N4O3/c1-23-28-18-26(16-17-30(28)37-38(23)5)29-19-27(21-35-31(29)25-14-10-7-11-15-25)41-22-34(33(2,3)4,36-32(39)40)20-24-12-8-6-9-13-24/h6-19,21,36H,20,22H2,1-5H3,(H,39,40)/t34-/m1/s1. The molecular weight excluding hydrogens is 512 g/mol. The largest absolute Gasteiger partial charge is 0.489 e. The summed E-state index contributed by atoms with van der Waals surface area (Å²) in [6.45, 7) is 8.28. The number of hydrogen-bond acceptors (Lipinski definition) is 4. The molecule has 2 N–H and O–H groups in total. The molecule has 3 aromatic carbocycles. The molecule has 5 aromatic rings. The number of ether oxygens (including phenoxy) is 1. The SMILES string of the molecule is Cc1c2cc(-c3cc(OC[C@@](Cc4ccccc4)(NC(=O)O)C(C)(C)C)cnc3-c3ccccc3)ccc2nn1C. The first-order valence-electron chi connectivity index (χ1n) is 13.7. The van der Waals surface area contributed by atoms with Gasteiger partial charge in [-0.1, -0.05) is 87.5 Å². The molecular formula is C34H36N4O3. The average molecular weight is 549 g/mol. The van der Waals surface area contributed by atoms with Crippen molar-refractivity contribution in [3.05, 3.63) is 102 Å². The van der Waals surface area contributed by atoms with E-state index in [9.17, 15) is 9.90 Å². The summed E-state index contributed by atoms with van der Waals surface area (Å²) >= 11 is 0. The lowest BCUT2D eigenvalue weighted by Crippen LogP contribution is -2.62. The first-order valence-corrected chi connectivity index (χ1v) is 13.7. The number of benzene rings is 3. The molecule has 7 nitrogen and oxygen atoms in total. The minimum atomic E-state index is -1.09. The Morgan fingerprint density at radius 1 is 0.951 bits per heavy atom. The van der Waals surface area contributed by atoms with Crippen LogP contribution in [0.3, 0.4) is 0 Å². The summed E-state index contributed by atoms with van der Waals surface area (Å²) in [6.07, 6.45) is 1.11. The van der Waals surface area contributed by atoms with Crippen molar-refractivity contribution < 1.29 is 14.6 Å². The number of aromatic nitrogens is 3. The Hall–Kier alpha value is -4.65. The van der Waals surface area contributed by atoms with Gasteiger partial charge in [0.1, 0.15) is 12.4 Å². The Morgan fingerprint density at radius 2 is 1.63 bits per heavy atom. The smallest absolute Gasteiger partial charge is 0.405 e. The Kier molecular flexibility index (Phi) is 7.54.